The number of carbonyl (C=O) groups is 2. The molecule has 1 aromatic carbocycles. The zero-order valence-electron chi connectivity index (χ0n) is 15.1. The van der Waals surface area contributed by atoms with Gasteiger partial charge in [-0.3, -0.25) is 0 Å². The molecule has 2 rings (SSSR count). The number of carboxylic acids is 2. The smallest absolute Gasteiger partial charge is 0.335 e. The van der Waals surface area contributed by atoms with E-state index in [1.165, 1.54) is 44.2 Å². The van der Waals surface area contributed by atoms with Crippen molar-refractivity contribution in [1.82, 2.24) is 5.32 Å². The number of rotatable bonds is 5. The summed E-state index contributed by atoms with van der Waals surface area (Å²) in [6.07, 6.45) is 6.51. The van der Waals surface area contributed by atoms with E-state index >= 15 is 0 Å². The molecule has 0 spiro atoms. The highest BCUT2D eigenvalue weighted by Gasteiger charge is 2.12. The fraction of sp³-hybridized carbons (Fsp3) is 0.556. The molecule has 8 nitrogen and oxygen atoms in total. The average Bonchev–Trinajstić information content (AvgIpc) is 2.62. The third-order valence-corrected chi connectivity index (χ3v) is 3.60. The minimum atomic E-state index is -1.19. The van der Waals surface area contributed by atoms with Crippen molar-refractivity contribution < 1.29 is 30.0 Å². The highest BCUT2D eigenvalue weighted by molar-refractivity contribution is 5.87. The van der Waals surface area contributed by atoms with Crippen molar-refractivity contribution in [3.8, 4) is 0 Å². The molecular weight excluding hydrogens is 340 g/mol. The quantitative estimate of drug-likeness (QED) is 0.424. The Hall–Kier alpha value is -2.16. The average molecular weight is 370 g/mol. The fourth-order valence-corrected chi connectivity index (χ4v) is 2.27. The van der Waals surface area contributed by atoms with Gasteiger partial charge in [-0.05, 0) is 44.0 Å². The number of carboxylic acid groups (broad SMARTS) is 2. The van der Waals surface area contributed by atoms with E-state index in [0.717, 1.165) is 6.54 Å². The minimum absolute atomic E-state index is 0.197. The Morgan fingerprint density at radius 1 is 1.15 bits per heavy atom. The first-order valence-electron chi connectivity index (χ1n) is 8.59. The van der Waals surface area contributed by atoms with Crippen LogP contribution in [0.15, 0.2) is 24.3 Å². The molecule has 0 amide bonds. The molecule has 0 aliphatic heterocycles. The number of nitrogens with two attached hydrogens (primary N) is 1. The van der Waals surface area contributed by atoms with Gasteiger partial charge in [-0.2, -0.15) is 0 Å². The number of aliphatic carboxylic acids is 1. The Morgan fingerprint density at radius 2 is 1.65 bits per heavy atom. The van der Waals surface area contributed by atoms with Gasteiger partial charge in [0, 0.05) is 18.3 Å². The van der Waals surface area contributed by atoms with Gasteiger partial charge in [0.1, 0.15) is 6.61 Å². The summed E-state index contributed by atoms with van der Waals surface area (Å²) in [7, 11) is 0. The summed E-state index contributed by atoms with van der Waals surface area (Å²) < 4.78 is 0. The lowest BCUT2D eigenvalue weighted by molar-refractivity contribution is -0.140. The molecule has 0 saturated heterocycles. The lowest BCUT2D eigenvalue weighted by Crippen LogP contribution is -2.35. The van der Waals surface area contributed by atoms with Crippen LogP contribution in [0.3, 0.4) is 0 Å². The minimum Gasteiger partial charge on any atom is -0.480 e. The zero-order valence-corrected chi connectivity index (χ0v) is 15.1. The number of hydrogen-bond donors (Lipinski definition) is 6. The number of aliphatic hydroxyl groups excluding tert-OH is 2. The largest absolute Gasteiger partial charge is 0.480 e. The number of nitrogens with one attached hydrogen (secondary N) is 1. The number of nitrogen functional groups attached to an aromatic ring is 1. The van der Waals surface area contributed by atoms with Crippen LogP contribution in [-0.4, -0.2) is 57.7 Å². The zero-order chi connectivity index (χ0) is 19.9. The van der Waals surface area contributed by atoms with Crippen molar-refractivity contribution >= 4 is 17.6 Å². The van der Waals surface area contributed by atoms with Crippen LogP contribution in [0.1, 0.15) is 49.4 Å². The molecule has 148 valence electrons. The Balaban J connectivity index is 0.000000387. The highest BCUT2D eigenvalue weighted by Crippen LogP contribution is 2.17. The predicted molar refractivity (Wildman–Crippen MR) is 99.1 cm³/mol. The molecule has 1 aromatic rings. The van der Waals surface area contributed by atoms with Crippen LogP contribution in [0.4, 0.5) is 5.69 Å². The van der Waals surface area contributed by atoms with E-state index in [1.54, 1.807) is 12.1 Å². The van der Waals surface area contributed by atoms with E-state index in [1.807, 2.05) is 6.92 Å². The summed E-state index contributed by atoms with van der Waals surface area (Å²) >= 11 is 0. The fourth-order valence-electron chi connectivity index (χ4n) is 2.27. The summed E-state index contributed by atoms with van der Waals surface area (Å²) in [5.41, 5.74) is 6.17. The van der Waals surface area contributed by atoms with Gasteiger partial charge in [0.15, 0.2) is 0 Å². The number of hydrogen-bond acceptors (Lipinski definition) is 6. The van der Waals surface area contributed by atoms with Gasteiger partial charge >= 0.3 is 11.9 Å². The molecule has 0 heterocycles. The standard InChI is InChI=1S/C9H19NO.C7H7NO2.C2H4O3/c1-8(11)7-10-9-5-3-2-4-6-9;8-6-3-1-5(2-4-6)7(9)10;3-1-2(4)5/h8-11H,2-7H2,1H3;1-4H,8H2,(H,9,10);3H,1H2,(H,4,5). The van der Waals surface area contributed by atoms with Crippen LogP contribution in [0.5, 0.6) is 0 Å². The van der Waals surface area contributed by atoms with Crippen LogP contribution >= 0.6 is 0 Å². The molecular formula is C18H30N2O6. The molecule has 1 atom stereocenters. The summed E-state index contributed by atoms with van der Waals surface area (Å²) in [5.74, 6) is -2.12. The van der Waals surface area contributed by atoms with Gasteiger partial charge in [0.25, 0.3) is 0 Å². The third kappa shape index (κ3) is 13.2. The van der Waals surface area contributed by atoms with Crippen molar-refractivity contribution in [2.24, 2.45) is 0 Å². The second-order valence-electron chi connectivity index (χ2n) is 6.07. The Labute approximate surface area is 153 Å². The highest BCUT2D eigenvalue weighted by atomic mass is 16.4. The second kappa shape index (κ2) is 14.1. The maximum absolute atomic E-state index is 10.3. The first-order valence-corrected chi connectivity index (χ1v) is 8.59. The van der Waals surface area contributed by atoms with Crippen LogP contribution in [0.2, 0.25) is 0 Å². The SMILES string of the molecule is CC(O)CNC1CCCCC1.Nc1ccc(C(=O)O)cc1.O=C(O)CO. The maximum atomic E-state index is 10.3. The summed E-state index contributed by atoms with van der Waals surface area (Å²) in [6.45, 7) is 1.81. The lowest BCUT2D eigenvalue weighted by Gasteiger charge is -2.23. The third-order valence-electron chi connectivity index (χ3n) is 3.60. The lowest BCUT2D eigenvalue weighted by atomic mass is 9.95. The Kier molecular flexibility index (Phi) is 12.9. The van der Waals surface area contributed by atoms with E-state index in [4.69, 9.17) is 31.0 Å². The first kappa shape index (κ1) is 23.8. The van der Waals surface area contributed by atoms with Gasteiger partial charge in [0.05, 0.1) is 11.7 Å². The van der Waals surface area contributed by atoms with E-state index in [2.05, 4.69) is 5.32 Å². The molecule has 0 bridgehead atoms. The molecule has 1 aliphatic carbocycles. The van der Waals surface area contributed by atoms with E-state index in [-0.39, 0.29) is 11.7 Å². The van der Waals surface area contributed by atoms with Crippen LogP contribution in [-0.2, 0) is 4.79 Å². The summed E-state index contributed by atoms with van der Waals surface area (Å²) in [6, 6.07) is 6.74. The molecule has 0 aromatic heterocycles. The van der Waals surface area contributed by atoms with Gasteiger partial charge < -0.3 is 31.5 Å². The summed E-state index contributed by atoms with van der Waals surface area (Å²) in [5, 5.41) is 35.8. The Morgan fingerprint density at radius 3 is 2.04 bits per heavy atom. The molecule has 1 aliphatic rings. The second-order valence-corrected chi connectivity index (χ2v) is 6.07. The normalized spacial score (nSPS) is 14.9. The predicted octanol–water partition coefficient (Wildman–Crippen LogP) is 1.32. The van der Waals surface area contributed by atoms with Gasteiger partial charge in [-0.15, -0.1) is 0 Å². The molecule has 1 fully saturated rings. The van der Waals surface area contributed by atoms with Crippen molar-refractivity contribution in [1.29, 1.82) is 0 Å². The van der Waals surface area contributed by atoms with Gasteiger partial charge in [0.2, 0.25) is 0 Å². The Bertz CT molecular complexity index is 513. The van der Waals surface area contributed by atoms with Crippen molar-refractivity contribution in [3.05, 3.63) is 29.8 Å². The molecule has 8 heteroatoms. The monoisotopic (exact) mass is 370 g/mol. The van der Waals surface area contributed by atoms with Crippen LogP contribution < -0.4 is 11.1 Å². The molecule has 26 heavy (non-hydrogen) atoms. The number of anilines is 1. The molecule has 1 saturated carbocycles. The number of aliphatic hydroxyl groups is 2. The van der Waals surface area contributed by atoms with Crippen molar-refractivity contribution in [2.75, 3.05) is 18.9 Å². The molecule has 0 radical (unpaired) electrons. The van der Waals surface area contributed by atoms with E-state index in [9.17, 15) is 4.79 Å². The topological polar surface area (TPSA) is 153 Å². The van der Waals surface area contributed by atoms with Crippen LogP contribution in [0.25, 0.3) is 0 Å². The van der Waals surface area contributed by atoms with Gasteiger partial charge in [-0.25, -0.2) is 9.59 Å². The van der Waals surface area contributed by atoms with Crippen molar-refractivity contribution in [2.45, 2.75) is 51.2 Å². The summed E-state index contributed by atoms with van der Waals surface area (Å²) in [4.78, 5) is 19.4. The van der Waals surface area contributed by atoms with Gasteiger partial charge in [-0.1, -0.05) is 19.3 Å². The van der Waals surface area contributed by atoms with E-state index < -0.39 is 18.5 Å². The van der Waals surface area contributed by atoms with E-state index in [0.29, 0.717) is 11.7 Å². The number of aromatic carboxylic acids is 1. The maximum Gasteiger partial charge on any atom is 0.335 e. The van der Waals surface area contributed by atoms with Crippen LogP contribution in [0, 0.1) is 0 Å². The van der Waals surface area contributed by atoms with Crippen molar-refractivity contribution in [3.63, 3.8) is 0 Å². The first-order chi connectivity index (χ1) is 12.3. The molecule has 7 N–H and O–H groups in total. The molecule has 1 unspecified atom stereocenters. The number of benzene rings is 1.